The van der Waals surface area contributed by atoms with Gasteiger partial charge in [0.1, 0.15) is 18.2 Å². The molecule has 1 heterocycles. The number of hydrogen-bond donors (Lipinski definition) is 2. The number of nitriles is 1. The molecule has 0 saturated carbocycles. The summed E-state index contributed by atoms with van der Waals surface area (Å²) in [5, 5.41) is 13.0. The van der Waals surface area contributed by atoms with E-state index in [1.54, 1.807) is 22.9 Å². The largest absolute Gasteiger partial charge is 0.368 e. The minimum absolute atomic E-state index is 0.0196. The third-order valence-corrected chi connectivity index (χ3v) is 4.12. The average Bonchev–Trinajstić information content (AvgIpc) is 2.98. The fourth-order valence-electron chi connectivity index (χ4n) is 2.83. The molecule has 6 nitrogen and oxygen atoms in total. The molecule has 0 atom stereocenters. The molecule has 0 radical (unpaired) electrons. The van der Waals surface area contributed by atoms with Gasteiger partial charge < -0.3 is 15.6 Å². The van der Waals surface area contributed by atoms with E-state index in [0.29, 0.717) is 11.3 Å². The highest BCUT2D eigenvalue weighted by atomic mass is 16.2. The third kappa shape index (κ3) is 4.05. The molecule has 0 aliphatic rings. The van der Waals surface area contributed by atoms with Crippen molar-refractivity contribution < 1.29 is 9.59 Å². The Morgan fingerprint density at radius 2 is 1.89 bits per heavy atom. The number of carbonyl (C=O) groups is 2. The zero-order chi connectivity index (χ0) is 19.4. The molecule has 134 valence electrons. The van der Waals surface area contributed by atoms with Crippen LogP contribution < -0.4 is 11.1 Å². The summed E-state index contributed by atoms with van der Waals surface area (Å²) in [6.45, 7) is 1.97. The van der Waals surface area contributed by atoms with E-state index in [1.165, 1.54) is 6.08 Å². The highest BCUT2D eigenvalue weighted by Gasteiger charge is 2.13. The van der Waals surface area contributed by atoms with Crippen molar-refractivity contribution in [2.75, 3.05) is 5.32 Å². The summed E-state index contributed by atoms with van der Waals surface area (Å²) < 4.78 is 1.70. The number of hydrogen-bond acceptors (Lipinski definition) is 3. The van der Waals surface area contributed by atoms with Crippen molar-refractivity contribution in [3.05, 3.63) is 71.4 Å². The lowest BCUT2D eigenvalue weighted by atomic mass is 10.1. The predicted molar refractivity (Wildman–Crippen MR) is 105 cm³/mol. The summed E-state index contributed by atoms with van der Waals surface area (Å²) in [6, 6.07) is 16.7. The van der Waals surface area contributed by atoms with Gasteiger partial charge in [-0.05, 0) is 31.2 Å². The van der Waals surface area contributed by atoms with Gasteiger partial charge in [0.15, 0.2) is 0 Å². The van der Waals surface area contributed by atoms with Gasteiger partial charge in [0.25, 0.3) is 5.91 Å². The van der Waals surface area contributed by atoms with Crippen LogP contribution in [0.15, 0.2) is 60.3 Å². The third-order valence-electron chi connectivity index (χ3n) is 4.12. The molecule has 0 bridgehead atoms. The smallest absolute Gasteiger partial charge is 0.266 e. The first-order valence-corrected chi connectivity index (χ1v) is 8.34. The van der Waals surface area contributed by atoms with E-state index in [0.717, 1.165) is 16.5 Å². The van der Waals surface area contributed by atoms with E-state index in [2.05, 4.69) is 5.32 Å². The summed E-state index contributed by atoms with van der Waals surface area (Å²) in [5.41, 5.74) is 8.44. The van der Waals surface area contributed by atoms with Gasteiger partial charge in [0.2, 0.25) is 5.91 Å². The highest BCUT2D eigenvalue weighted by molar-refractivity contribution is 6.10. The predicted octanol–water partition coefficient (Wildman–Crippen LogP) is 2.98. The van der Waals surface area contributed by atoms with Gasteiger partial charge in [0, 0.05) is 28.4 Å². The number of nitrogens with zero attached hydrogens (tertiary/aromatic N) is 2. The van der Waals surface area contributed by atoms with Crippen molar-refractivity contribution in [2.45, 2.75) is 13.5 Å². The topological polar surface area (TPSA) is 101 Å². The molecule has 3 rings (SSSR count). The van der Waals surface area contributed by atoms with Crippen LogP contribution in [0.2, 0.25) is 0 Å². The molecular formula is C21H18N4O2. The van der Waals surface area contributed by atoms with Gasteiger partial charge in [-0.1, -0.05) is 35.9 Å². The monoisotopic (exact) mass is 358 g/mol. The van der Waals surface area contributed by atoms with E-state index >= 15 is 0 Å². The molecular weight excluding hydrogens is 340 g/mol. The molecule has 0 unspecified atom stereocenters. The number of fused-ring (bicyclic) bond motifs is 1. The number of rotatable bonds is 5. The van der Waals surface area contributed by atoms with Gasteiger partial charge in [0.05, 0.1) is 0 Å². The summed E-state index contributed by atoms with van der Waals surface area (Å²) in [4.78, 5) is 23.8. The molecule has 0 saturated heterocycles. The van der Waals surface area contributed by atoms with Crippen molar-refractivity contribution in [3.63, 3.8) is 0 Å². The van der Waals surface area contributed by atoms with Crippen LogP contribution in [0.3, 0.4) is 0 Å². The molecule has 2 aromatic carbocycles. The van der Waals surface area contributed by atoms with Crippen LogP contribution in [0.4, 0.5) is 5.69 Å². The molecule has 6 heteroatoms. The van der Waals surface area contributed by atoms with Gasteiger partial charge >= 0.3 is 0 Å². The number of primary amides is 1. The Morgan fingerprint density at radius 3 is 2.56 bits per heavy atom. The van der Waals surface area contributed by atoms with Crippen molar-refractivity contribution in [2.24, 2.45) is 5.73 Å². The van der Waals surface area contributed by atoms with Crippen LogP contribution in [-0.4, -0.2) is 16.4 Å². The summed E-state index contributed by atoms with van der Waals surface area (Å²) in [5.74, 6) is -0.961. The molecule has 0 aliphatic heterocycles. The second kappa shape index (κ2) is 7.58. The molecule has 0 spiro atoms. The Bertz CT molecular complexity index is 1090. The normalized spacial score (nSPS) is 11.2. The van der Waals surface area contributed by atoms with E-state index in [4.69, 9.17) is 5.73 Å². The molecule has 2 amide bonds. The van der Waals surface area contributed by atoms with Crippen molar-refractivity contribution in [3.8, 4) is 6.07 Å². The first kappa shape index (κ1) is 18.0. The fourth-order valence-corrected chi connectivity index (χ4v) is 2.83. The van der Waals surface area contributed by atoms with Gasteiger partial charge in [-0.25, -0.2) is 0 Å². The Hall–Kier alpha value is -3.85. The zero-order valence-electron chi connectivity index (χ0n) is 14.8. The maximum absolute atomic E-state index is 12.5. The van der Waals surface area contributed by atoms with Crippen LogP contribution in [0, 0.1) is 18.3 Å². The van der Waals surface area contributed by atoms with Crippen molar-refractivity contribution in [1.29, 1.82) is 5.26 Å². The van der Waals surface area contributed by atoms with Gasteiger partial charge in [-0.2, -0.15) is 5.26 Å². The molecule has 3 N–H and O–H groups in total. The SMILES string of the molecule is Cc1ccc(NC(=O)C(C#N)=Cc2cn(CC(N)=O)c3ccccc23)cc1. The first-order chi connectivity index (χ1) is 13.0. The van der Waals surface area contributed by atoms with Crippen LogP contribution in [-0.2, 0) is 16.1 Å². The van der Waals surface area contributed by atoms with Crippen molar-refractivity contribution >= 4 is 34.5 Å². The van der Waals surface area contributed by atoms with E-state index in [-0.39, 0.29) is 12.1 Å². The standard InChI is InChI=1S/C21H18N4O2/c1-14-6-8-17(9-7-14)24-21(27)15(11-22)10-16-12-25(13-20(23)26)19-5-3-2-4-18(16)19/h2-10,12H,13H2,1H3,(H2,23,26)(H,24,27). The minimum atomic E-state index is -0.493. The lowest BCUT2D eigenvalue weighted by Gasteiger charge is -2.04. The van der Waals surface area contributed by atoms with E-state index in [9.17, 15) is 14.9 Å². The van der Waals surface area contributed by atoms with Crippen LogP contribution in [0.5, 0.6) is 0 Å². The molecule has 27 heavy (non-hydrogen) atoms. The Kier molecular flexibility index (Phi) is 5.04. The number of benzene rings is 2. The van der Waals surface area contributed by atoms with E-state index in [1.807, 2.05) is 49.4 Å². The van der Waals surface area contributed by atoms with E-state index < -0.39 is 11.8 Å². The number of nitrogens with two attached hydrogens (primary N) is 1. The molecule has 3 aromatic rings. The quantitative estimate of drug-likeness (QED) is 0.541. The molecule has 0 aliphatic carbocycles. The number of aryl methyl sites for hydroxylation is 1. The Labute approximate surface area is 156 Å². The maximum Gasteiger partial charge on any atom is 0.266 e. The number of para-hydroxylation sites is 1. The lowest BCUT2D eigenvalue weighted by Crippen LogP contribution is -2.17. The number of nitrogens with one attached hydrogen (secondary N) is 1. The lowest BCUT2D eigenvalue weighted by molar-refractivity contribution is -0.118. The first-order valence-electron chi connectivity index (χ1n) is 8.34. The Balaban J connectivity index is 1.95. The average molecular weight is 358 g/mol. The zero-order valence-corrected chi connectivity index (χ0v) is 14.8. The maximum atomic E-state index is 12.5. The summed E-state index contributed by atoms with van der Waals surface area (Å²) in [7, 11) is 0. The van der Waals surface area contributed by atoms with Crippen LogP contribution in [0.25, 0.3) is 17.0 Å². The minimum Gasteiger partial charge on any atom is -0.368 e. The number of carbonyl (C=O) groups excluding carboxylic acids is 2. The van der Waals surface area contributed by atoms with Crippen LogP contribution >= 0.6 is 0 Å². The second-order valence-electron chi connectivity index (χ2n) is 6.19. The molecule has 1 aromatic heterocycles. The number of aromatic nitrogens is 1. The van der Waals surface area contributed by atoms with Crippen LogP contribution in [0.1, 0.15) is 11.1 Å². The van der Waals surface area contributed by atoms with Crippen molar-refractivity contribution in [1.82, 2.24) is 4.57 Å². The van der Waals surface area contributed by atoms with Gasteiger partial charge in [-0.3, -0.25) is 9.59 Å². The summed E-state index contributed by atoms with van der Waals surface area (Å²) in [6.07, 6.45) is 3.23. The second-order valence-corrected chi connectivity index (χ2v) is 6.19. The Morgan fingerprint density at radius 1 is 1.19 bits per heavy atom. The highest BCUT2D eigenvalue weighted by Crippen LogP contribution is 2.24. The fraction of sp³-hybridized carbons (Fsp3) is 0.0952. The number of anilines is 1. The molecule has 0 fully saturated rings. The number of amides is 2. The summed E-state index contributed by atoms with van der Waals surface area (Å²) >= 11 is 0. The van der Waals surface area contributed by atoms with Gasteiger partial charge in [-0.15, -0.1) is 0 Å².